The molecule has 4 nitrogen and oxygen atoms in total. The lowest BCUT2D eigenvalue weighted by atomic mass is 9.95. The number of carbonyl (C=O) groups is 2. The molecule has 0 fully saturated rings. The summed E-state index contributed by atoms with van der Waals surface area (Å²) < 4.78 is 13.1. The van der Waals surface area contributed by atoms with Gasteiger partial charge < -0.3 is 10.6 Å². The molecule has 2 rings (SSSR count). The van der Waals surface area contributed by atoms with Crippen molar-refractivity contribution in [2.45, 2.75) is 26.8 Å². The van der Waals surface area contributed by atoms with Crippen molar-refractivity contribution in [1.82, 2.24) is 5.32 Å². The van der Waals surface area contributed by atoms with Gasteiger partial charge in [-0.3, -0.25) is 9.59 Å². The van der Waals surface area contributed by atoms with E-state index in [1.807, 2.05) is 13.8 Å². The molecule has 0 aliphatic carbocycles. The molecule has 2 amide bonds. The highest BCUT2D eigenvalue weighted by Crippen LogP contribution is 2.22. The maximum Gasteiger partial charge on any atom is 0.251 e. The molecule has 126 valence electrons. The van der Waals surface area contributed by atoms with Crippen LogP contribution in [0.1, 0.15) is 42.7 Å². The van der Waals surface area contributed by atoms with E-state index < -0.39 is 0 Å². The third-order valence-corrected chi connectivity index (χ3v) is 3.65. The Labute approximate surface area is 141 Å². The van der Waals surface area contributed by atoms with Crippen LogP contribution < -0.4 is 10.6 Å². The molecule has 0 spiro atoms. The number of hydrogen-bond donors (Lipinski definition) is 2. The quantitative estimate of drug-likeness (QED) is 0.874. The van der Waals surface area contributed by atoms with E-state index in [0.29, 0.717) is 11.3 Å². The van der Waals surface area contributed by atoms with Crippen LogP contribution in [0.25, 0.3) is 0 Å². The van der Waals surface area contributed by atoms with Crippen molar-refractivity contribution in [3.63, 3.8) is 0 Å². The van der Waals surface area contributed by atoms with Gasteiger partial charge in [-0.2, -0.15) is 0 Å². The Morgan fingerprint density at radius 3 is 2.04 bits per heavy atom. The first kappa shape index (κ1) is 17.7. The van der Waals surface area contributed by atoms with Crippen molar-refractivity contribution in [2.75, 3.05) is 5.32 Å². The number of nitrogens with one attached hydrogen (secondary N) is 2. The number of benzene rings is 2. The molecule has 2 aromatic rings. The van der Waals surface area contributed by atoms with Gasteiger partial charge >= 0.3 is 0 Å². The number of anilines is 1. The van der Waals surface area contributed by atoms with E-state index in [2.05, 4.69) is 10.6 Å². The minimum atomic E-state index is -0.304. The maximum atomic E-state index is 13.1. The fourth-order valence-electron chi connectivity index (χ4n) is 2.44. The molecule has 0 aliphatic heterocycles. The van der Waals surface area contributed by atoms with Crippen molar-refractivity contribution in [2.24, 2.45) is 5.92 Å². The predicted molar refractivity (Wildman–Crippen MR) is 92.2 cm³/mol. The summed E-state index contributed by atoms with van der Waals surface area (Å²) in [5, 5.41) is 5.63. The molecule has 0 aromatic heterocycles. The molecular weight excluding hydrogens is 307 g/mol. The zero-order valence-corrected chi connectivity index (χ0v) is 14.0. The highest BCUT2D eigenvalue weighted by Gasteiger charge is 2.19. The molecule has 0 saturated heterocycles. The lowest BCUT2D eigenvalue weighted by molar-refractivity contribution is -0.114. The van der Waals surface area contributed by atoms with E-state index in [9.17, 15) is 14.0 Å². The van der Waals surface area contributed by atoms with Gasteiger partial charge in [-0.05, 0) is 47.9 Å². The van der Waals surface area contributed by atoms with Gasteiger partial charge in [0.2, 0.25) is 5.91 Å². The van der Waals surface area contributed by atoms with Gasteiger partial charge in [0.1, 0.15) is 5.82 Å². The Morgan fingerprint density at radius 1 is 0.958 bits per heavy atom. The molecule has 2 aromatic carbocycles. The second-order valence-electron chi connectivity index (χ2n) is 6.01. The Balaban J connectivity index is 2.13. The smallest absolute Gasteiger partial charge is 0.251 e. The largest absolute Gasteiger partial charge is 0.345 e. The number of rotatable bonds is 5. The highest BCUT2D eigenvalue weighted by molar-refractivity contribution is 5.95. The Hall–Kier alpha value is -2.69. The average Bonchev–Trinajstić information content (AvgIpc) is 2.53. The van der Waals surface area contributed by atoms with Crippen LogP contribution in [0.5, 0.6) is 0 Å². The number of carbonyl (C=O) groups excluding carboxylic acids is 2. The van der Waals surface area contributed by atoms with Crippen LogP contribution in [0.15, 0.2) is 48.5 Å². The summed E-state index contributed by atoms with van der Waals surface area (Å²) in [6, 6.07) is 12.6. The summed E-state index contributed by atoms with van der Waals surface area (Å²) in [4.78, 5) is 23.5. The fraction of sp³-hybridized carbons (Fsp3) is 0.263. The Kier molecular flexibility index (Phi) is 5.68. The molecule has 0 radical (unpaired) electrons. The standard InChI is InChI=1S/C19H21FN2O2/c1-12(2)18(14-4-8-16(20)9-5-14)22-19(24)15-6-10-17(11-7-15)21-13(3)23/h4-12,18H,1-3H3,(H,21,23)(H,22,24)/t18-/m1/s1. The van der Waals surface area contributed by atoms with Gasteiger partial charge in [0.15, 0.2) is 0 Å². The molecule has 0 unspecified atom stereocenters. The second-order valence-corrected chi connectivity index (χ2v) is 6.01. The number of halogens is 1. The first-order chi connectivity index (χ1) is 11.4. The average molecular weight is 328 g/mol. The summed E-state index contributed by atoms with van der Waals surface area (Å²) in [6.45, 7) is 5.42. The van der Waals surface area contributed by atoms with Crippen molar-refractivity contribution in [3.8, 4) is 0 Å². The Bertz CT molecular complexity index is 709. The molecule has 0 saturated carbocycles. The van der Waals surface area contributed by atoms with Crippen LogP contribution in [0, 0.1) is 11.7 Å². The van der Waals surface area contributed by atoms with E-state index >= 15 is 0 Å². The minimum absolute atomic E-state index is 0.151. The third kappa shape index (κ3) is 4.65. The van der Waals surface area contributed by atoms with Gasteiger partial charge in [0, 0.05) is 18.2 Å². The summed E-state index contributed by atoms with van der Waals surface area (Å²) in [7, 11) is 0. The molecular formula is C19H21FN2O2. The van der Waals surface area contributed by atoms with Crippen LogP contribution in [0.2, 0.25) is 0 Å². The van der Waals surface area contributed by atoms with Gasteiger partial charge in [-0.15, -0.1) is 0 Å². The van der Waals surface area contributed by atoms with Crippen molar-refractivity contribution in [1.29, 1.82) is 0 Å². The number of amides is 2. The molecule has 0 heterocycles. The molecule has 2 N–H and O–H groups in total. The van der Waals surface area contributed by atoms with Gasteiger partial charge in [0.25, 0.3) is 5.91 Å². The summed E-state index contributed by atoms with van der Waals surface area (Å²) in [6.07, 6.45) is 0. The fourth-order valence-corrected chi connectivity index (χ4v) is 2.44. The first-order valence-corrected chi connectivity index (χ1v) is 7.81. The molecule has 5 heteroatoms. The van der Waals surface area contributed by atoms with Crippen LogP contribution in [-0.2, 0) is 4.79 Å². The van der Waals surface area contributed by atoms with Crippen LogP contribution in [0.3, 0.4) is 0 Å². The minimum Gasteiger partial charge on any atom is -0.345 e. The van der Waals surface area contributed by atoms with Gasteiger partial charge in [0.05, 0.1) is 6.04 Å². The second kappa shape index (κ2) is 7.73. The summed E-state index contributed by atoms with van der Waals surface area (Å²) in [5.41, 5.74) is 1.99. The van der Waals surface area contributed by atoms with E-state index in [1.54, 1.807) is 36.4 Å². The van der Waals surface area contributed by atoms with E-state index in [0.717, 1.165) is 5.56 Å². The van der Waals surface area contributed by atoms with Crippen molar-refractivity contribution < 1.29 is 14.0 Å². The highest BCUT2D eigenvalue weighted by atomic mass is 19.1. The topological polar surface area (TPSA) is 58.2 Å². The predicted octanol–water partition coefficient (Wildman–Crippen LogP) is 3.91. The molecule has 0 bridgehead atoms. The first-order valence-electron chi connectivity index (χ1n) is 7.81. The van der Waals surface area contributed by atoms with Crippen LogP contribution in [0.4, 0.5) is 10.1 Å². The van der Waals surface area contributed by atoms with E-state index in [-0.39, 0.29) is 29.6 Å². The maximum absolute atomic E-state index is 13.1. The zero-order valence-electron chi connectivity index (χ0n) is 14.0. The van der Waals surface area contributed by atoms with Crippen molar-refractivity contribution >= 4 is 17.5 Å². The third-order valence-electron chi connectivity index (χ3n) is 3.65. The monoisotopic (exact) mass is 328 g/mol. The molecule has 1 atom stereocenters. The molecule has 24 heavy (non-hydrogen) atoms. The zero-order chi connectivity index (χ0) is 17.7. The number of hydrogen-bond acceptors (Lipinski definition) is 2. The van der Waals surface area contributed by atoms with E-state index in [1.165, 1.54) is 19.1 Å². The lowest BCUT2D eigenvalue weighted by Crippen LogP contribution is -2.31. The van der Waals surface area contributed by atoms with Crippen LogP contribution in [-0.4, -0.2) is 11.8 Å². The lowest BCUT2D eigenvalue weighted by Gasteiger charge is -2.23. The normalized spacial score (nSPS) is 11.9. The SMILES string of the molecule is CC(=O)Nc1ccc(C(=O)N[C@@H](c2ccc(F)cc2)C(C)C)cc1. The van der Waals surface area contributed by atoms with Gasteiger partial charge in [-0.25, -0.2) is 4.39 Å². The summed E-state index contributed by atoms with van der Waals surface area (Å²) >= 11 is 0. The van der Waals surface area contributed by atoms with E-state index in [4.69, 9.17) is 0 Å². The summed E-state index contributed by atoms with van der Waals surface area (Å²) in [5.74, 6) is -0.532. The van der Waals surface area contributed by atoms with Crippen LogP contribution >= 0.6 is 0 Å². The van der Waals surface area contributed by atoms with Crippen molar-refractivity contribution in [3.05, 3.63) is 65.5 Å². The Morgan fingerprint density at radius 2 is 1.54 bits per heavy atom. The van der Waals surface area contributed by atoms with Gasteiger partial charge in [-0.1, -0.05) is 26.0 Å². The molecule has 0 aliphatic rings.